The van der Waals surface area contributed by atoms with Crippen molar-refractivity contribution in [1.29, 1.82) is 0 Å². The van der Waals surface area contributed by atoms with Gasteiger partial charge < -0.3 is 9.97 Å². The van der Waals surface area contributed by atoms with Crippen molar-refractivity contribution in [3.63, 3.8) is 0 Å². The molecule has 14 heavy (non-hydrogen) atoms. The van der Waals surface area contributed by atoms with Crippen LogP contribution in [0.5, 0.6) is 0 Å². The summed E-state index contributed by atoms with van der Waals surface area (Å²) in [5.74, 6) is 0. The van der Waals surface area contributed by atoms with Crippen LogP contribution in [-0.4, -0.2) is 9.97 Å². The van der Waals surface area contributed by atoms with E-state index in [0.717, 1.165) is 21.7 Å². The van der Waals surface area contributed by atoms with Crippen LogP contribution < -0.4 is 5.56 Å². The third-order valence-electron chi connectivity index (χ3n) is 2.48. The summed E-state index contributed by atoms with van der Waals surface area (Å²) < 4.78 is 0. The molecule has 3 rings (SSSR count). The fourth-order valence-electron chi connectivity index (χ4n) is 1.80. The Bertz CT molecular complexity index is 663. The minimum atomic E-state index is -0.0426. The van der Waals surface area contributed by atoms with Gasteiger partial charge in [0.25, 0.3) is 5.56 Å². The highest BCUT2D eigenvalue weighted by molar-refractivity contribution is 6.04. The van der Waals surface area contributed by atoms with Gasteiger partial charge in [0.05, 0.1) is 5.52 Å². The number of fused-ring (bicyclic) bond motifs is 3. The van der Waals surface area contributed by atoms with E-state index in [1.165, 1.54) is 0 Å². The average molecular weight is 184 g/mol. The number of aromatic amines is 2. The molecular formula is C11H8N2O. The Morgan fingerprint density at radius 1 is 0.857 bits per heavy atom. The zero-order valence-corrected chi connectivity index (χ0v) is 7.37. The van der Waals surface area contributed by atoms with Crippen LogP contribution in [0.1, 0.15) is 0 Å². The number of pyridine rings is 1. The summed E-state index contributed by atoms with van der Waals surface area (Å²) in [4.78, 5) is 17.3. The molecule has 2 N–H and O–H groups in total. The van der Waals surface area contributed by atoms with Gasteiger partial charge in [-0.05, 0) is 18.2 Å². The molecule has 0 unspecified atom stereocenters. The second kappa shape index (κ2) is 2.48. The first-order valence-electron chi connectivity index (χ1n) is 4.44. The lowest BCUT2D eigenvalue weighted by Crippen LogP contribution is -2.03. The van der Waals surface area contributed by atoms with Gasteiger partial charge in [0, 0.05) is 28.6 Å². The van der Waals surface area contributed by atoms with Crippen molar-refractivity contribution in [3.8, 4) is 0 Å². The highest BCUT2D eigenvalue weighted by atomic mass is 16.1. The smallest absolute Gasteiger partial charge is 0.255 e. The van der Waals surface area contributed by atoms with Crippen LogP contribution in [0.25, 0.3) is 21.7 Å². The van der Waals surface area contributed by atoms with Crippen LogP contribution in [0.4, 0.5) is 0 Å². The van der Waals surface area contributed by atoms with Crippen LogP contribution in [0, 0.1) is 0 Å². The SMILES string of the molecule is O=c1[nH]ccc2c1ccc1cc[nH]c12. The van der Waals surface area contributed by atoms with Crippen LogP contribution >= 0.6 is 0 Å². The van der Waals surface area contributed by atoms with E-state index in [-0.39, 0.29) is 5.56 Å². The van der Waals surface area contributed by atoms with Crippen molar-refractivity contribution >= 4 is 21.7 Å². The first kappa shape index (κ1) is 7.38. The topological polar surface area (TPSA) is 48.6 Å². The quantitative estimate of drug-likeness (QED) is 0.551. The maximum absolute atomic E-state index is 11.5. The summed E-state index contributed by atoms with van der Waals surface area (Å²) in [5, 5.41) is 2.82. The van der Waals surface area contributed by atoms with Crippen molar-refractivity contribution in [3.05, 3.63) is 47.0 Å². The zero-order valence-electron chi connectivity index (χ0n) is 7.37. The molecule has 0 saturated carbocycles. The van der Waals surface area contributed by atoms with Gasteiger partial charge in [-0.2, -0.15) is 0 Å². The summed E-state index contributed by atoms with van der Waals surface area (Å²) in [7, 11) is 0. The van der Waals surface area contributed by atoms with E-state index in [1.807, 2.05) is 30.5 Å². The third kappa shape index (κ3) is 0.836. The van der Waals surface area contributed by atoms with Gasteiger partial charge in [-0.25, -0.2) is 0 Å². The van der Waals surface area contributed by atoms with Gasteiger partial charge in [-0.3, -0.25) is 4.79 Å². The molecule has 0 amide bonds. The molecule has 0 atom stereocenters. The molecule has 3 aromatic rings. The molecule has 3 nitrogen and oxygen atoms in total. The van der Waals surface area contributed by atoms with E-state index >= 15 is 0 Å². The van der Waals surface area contributed by atoms with E-state index in [1.54, 1.807) is 6.20 Å². The second-order valence-electron chi connectivity index (χ2n) is 3.28. The first-order chi connectivity index (χ1) is 6.86. The van der Waals surface area contributed by atoms with Gasteiger partial charge in [0.15, 0.2) is 0 Å². The Morgan fingerprint density at radius 3 is 2.64 bits per heavy atom. The van der Waals surface area contributed by atoms with E-state index in [0.29, 0.717) is 0 Å². The predicted octanol–water partition coefficient (Wildman–Crippen LogP) is 2.01. The number of rotatable bonds is 0. The molecule has 2 heterocycles. The first-order valence-corrected chi connectivity index (χ1v) is 4.44. The molecule has 0 aliphatic heterocycles. The largest absolute Gasteiger partial charge is 0.361 e. The maximum Gasteiger partial charge on any atom is 0.255 e. The minimum absolute atomic E-state index is 0.0426. The molecule has 0 radical (unpaired) electrons. The Balaban J connectivity index is 2.71. The van der Waals surface area contributed by atoms with Crippen molar-refractivity contribution < 1.29 is 0 Å². The molecule has 3 heteroatoms. The molecule has 0 aliphatic rings. The number of hydrogen-bond acceptors (Lipinski definition) is 1. The summed E-state index contributed by atoms with van der Waals surface area (Å²) in [6.45, 7) is 0. The minimum Gasteiger partial charge on any atom is -0.361 e. The van der Waals surface area contributed by atoms with Crippen LogP contribution in [0.15, 0.2) is 41.5 Å². The lowest BCUT2D eigenvalue weighted by Gasteiger charge is -1.97. The van der Waals surface area contributed by atoms with Crippen molar-refractivity contribution in [2.45, 2.75) is 0 Å². The van der Waals surface area contributed by atoms with Gasteiger partial charge in [0.2, 0.25) is 0 Å². The average Bonchev–Trinajstić information content (AvgIpc) is 2.66. The van der Waals surface area contributed by atoms with Crippen molar-refractivity contribution in [2.24, 2.45) is 0 Å². The fourth-order valence-corrected chi connectivity index (χ4v) is 1.80. The van der Waals surface area contributed by atoms with Crippen LogP contribution in [-0.2, 0) is 0 Å². The van der Waals surface area contributed by atoms with Crippen molar-refractivity contribution in [1.82, 2.24) is 9.97 Å². The predicted molar refractivity (Wildman–Crippen MR) is 56.4 cm³/mol. The molecule has 68 valence electrons. The molecular weight excluding hydrogens is 176 g/mol. The molecule has 0 bridgehead atoms. The lowest BCUT2D eigenvalue weighted by atomic mass is 10.1. The summed E-state index contributed by atoms with van der Waals surface area (Å²) in [6.07, 6.45) is 3.55. The number of nitrogens with one attached hydrogen (secondary N) is 2. The standard InChI is InChI=1S/C11H8N2O/c14-11-9-2-1-7-3-5-12-10(7)8(9)4-6-13-11/h1-6,12H,(H,13,14). The summed E-state index contributed by atoms with van der Waals surface area (Å²) in [6, 6.07) is 7.71. The zero-order chi connectivity index (χ0) is 9.54. The Morgan fingerprint density at radius 2 is 1.71 bits per heavy atom. The van der Waals surface area contributed by atoms with E-state index in [9.17, 15) is 4.79 Å². The second-order valence-corrected chi connectivity index (χ2v) is 3.28. The highest BCUT2D eigenvalue weighted by Gasteiger charge is 2.02. The highest BCUT2D eigenvalue weighted by Crippen LogP contribution is 2.20. The van der Waals surface area contributed by atoms with Gasteiger partial charge >= 0.3 is 0 Å². The monoisotopic (exact) mass is 184 g/mol. The normalized spacial score (nSPS) is 11.1. The molecule has 2 aromatic heterocycles. The fraction of sp³-hybridized carbons (Fsp3) is 0. The molecule has 0 saturated heterocycles. The van der Waals surface area contributed by atoms with Crippen LogP contribution in [0.3, 0.4) is 0 Å². The summed E-state index contributed by atoms with van der Waals surface area (Å²) in [5.41, 5.74) is 0.979. The Kier molecular flexibility index (Phi) is 1.31. The van der Waals surface area contributed by atoms with Gasteiger partial charge in [-0.1, -0.05) is 6.07 Å². The number of H-pyrrole nitrogens is 2. The van der Waals surface area contributed by atoms with Gasteiger partial charge in [0.1, 0.15) is 0 Å². The number of aromatic nitrogens is 2. The van der Waals surface area contributed by atoms with E-state index in [2.05, 4.69) is 9.97 Å². The van der Waals surface area contributed by atoms with Crippen LogP contribution in [0.2, 0.25) is 0 Å². The third-order valence-corrected chi connectivity index (χ3v) is 2.48. The van der Waals surface area contributed by atoms with Crippen molar-refractivity contribution in [2.75, 3.05) is 0 Å². The van der Waals surface area contributed by atoms with E-state index < -0.39 is 0 Å². The van der Waals surface area contributed by atoms with E-state index in [4.69, 9.17) is 0 Å². The number of benzene rings is 1. The molecule has 0 fully saturated rings. The summed E-state index contributed by atoms with van der Waals surface area (Å²) >= 11 is 0. The Labute approximate surface area is 79.4 Å². The molecule has 0 aliphatic carbocycles. The van der Waals surface area contributed by atoms with Gasteiger partial charge in [-0.15, -0.1) is 0 Å². The molecule has 1 aromatic carbocycles. The maximum atomic E-state index is 11.5. The Hall–Kier alpha value is -2.03. The number of hydrogen-bond donors (Lipinski definition) is 2. The molecule has 0 spiro atoms. The lowest BCUT2D eigenvalue weighted by molar-refractivity contribution is 1.28.